The van der Waals surface area contributed by atoms with Gasteiger partial charge < -0.3 is 10.1 Å². The van der Waals surface area contributed by atoms with E-state index in [1.165, 1.54) is 6.07 Å². The predicted molar refractivity (Wildman–Crippen MR) is 105 cm³/mol. The normalized spacial score (nSPS) is 11.4. The Bertz CT molecular complexity index is 912. The van der Waals surface area contributed by atoms with Gasteiger partial charge in [-0.25, -0.2) is 9.78 Å². The molecule has 0 bridgehead atoms. The van der Waals surface area contributed by atoms with E-state index in [1.54, 1.807) is 45.0 Å². The molecule has 0 saturated carbocycles. The zero-order chi connectivity index (χ0) is 20.0. The van der Waals surface area contributed by atoms with Gasteiger partial charge in [-0.2, -0.15) is 5.26 Å². The number of pyridine rings is 1. The second kappa shape index (κ2) is 9.40. The molecule has 1 amide bonds. The monoisotopic (exact) mass is 403 g/mol. The average molecular weight is 404 g/mol. The number of carbonyl (C=O) groups is 2. The fraction of sp³-hybridized carbons (Fsp3) is 0.263. The topological polar surface area (TPSA) is 92.1 Å². The van der Waals surface area contributed by atoms with Gasteiger partial charge in [-0.05, 0) is 39.0 Å². The van der Waals surface area contributed by atoms with Gasteiger partial charge in [0.1, 0.15) is 11.1 Å². The standard InChI is InChI=1S/C19H18ClN3O3S/c1-4-26-19(25)14-9-13(10-21)18(22-11(14)2)27-12(3)17(24)23-16-8-6-5-7-15(16)20/h5-9,12H,4H2,1-3H3,(H,23,24)/t12-/m0/s1. The summed E-state index contributed by atoms with van der Waals surface area (Å²) in [5.74, 6) is -0.800. The van der Waals surface area contributed by atoms with Gasteiger partial charge in [-0.15, -0.1) is 0 Å². The number of para-hydroxylation sites is 1. The molecule has 140 valence electrons. The van der Waals surface area contributed by atoms with Crippen LogP contribution in [0.3, 0.4) is 0 Å². The molecule has 27 heavy (non-hydrogen) atoms. The van der Waals surface area contributed by atoms with Crippen molar-refractivity contribution in [3.05, 3.63) is 52.2 Å². The molecule has 1 N–H and O–H groups in total. The maximum Gasteiger partial charge on any atom is 0.340 e. The highest BCUT2D eigenvalue weighted by molar-refractivity contribution is 8.00. The van der Waals surface area contributed by atoms with Crippen LogP contribution in [0.25, 0.3) is 0 Å². The third kappa shape index (κ3) is 5.22. The van der Waals surface area contributed by atoms with Gasteiger partial charge >= 0.3 is 5.97 Å². The molecule has 2 rings (SSSR count). The Hall–Kier alpha value is -2.56. The number of ether oxygens (including phenoxy) is 1. The molecule has 0 aliphatic carbocycles. The molecule has 8 heteroatoms. The summed E-state index contributed by atoms with van der Waals surface area (Å²) in [4.78, 5) is 28.7. The van der Waals surface area contributed by atoms with E-state index in [1.807, 2.05) is 6.07 Å². The lowest BCUT2D eigenvalue weighted by atomic mass is 10.1. The molecule has 6 nitrogen and oxygen atoms in total. The van der Waals surface area contributed by atoms with Gasteiger partial charge in [0, 0.05) is 0 Å². The minimum absolute atomic E-state index is 0.214. The summed E-state index contributed by atoms with van der Waals surface area (Å²) >= 11 is 7.19. The van der Waals surface area contributed by atoms with Crippen LogP contribution in [-0.2, 0) is 9.53 Å². The van der Waals surface area contributed by atoms with Gasteiger partial charge in [0.15, 0.2) is 0 Å². The van der Waals surface area contributed by atoms with Crippen LogP contribution in [0.1, 0.15) is 35.5 Å². The number of aryl methyl sites for hydroxylation is 1. The van der Waals surface area contributed by atoms with Crippen molar-refractivity contribution >= 4 is 40.9 Å². The van der Waals surface area contributed by atoms with Crippen molar-refractivity contribution in [2.45, 2.75) is 31.0 Å². The fourth-order valence-electron chi connectivity index (χ4n) is 2.19. The number of hydrogen-bond acceptors (Lipinski definition) is 6. The number of hydrogen-bond donors (Lipinski definition) is 1. The first-order valence-electron chi connectivity index (χ1n) is 8.18. The largest absolute Gasteiger partial charge is 0.462 e. The van der Waals surface area contributed by atoms with Crippen molar-refractivity contribution in [2.75, 3.05) is 11.9 Å². The third-order valence-electron chi connectivity index (χ3n) is 3.58. The zero-order valence-electron chi connectivity index (χ0n) is 15.1. The van der Waals surface area contributed by atoms with E-state index < -0.39 is 11.2 Å². The Balaban J connectivity index is 2.19. The minimum Gasteiger partial charge on any atom is -0.462 e. The number of nitrogens with zero attached hydrogens (tertiary/aromatic N) is 2. The van der Waals surface area contributed by atoms with E-state index in [2.05, 4.69) is 10.3 Å². The highest BCUT2D eigenvalue weighted by Crippen LogP contribution is 2.28. The molecule has 0 aliphatic heterocycles. The van der Waals surface area contributed by atoms with Gasteiger partial charge in [-0.1, -0.05) is 35.5 Å². The summed E-state index contributed by atoms with van der Waals surface area (Å²) in [5.41, 5.74) is 1.41. The highest BCUT2D eigenvalue weighted by atomic mass is 35.5. The van der Waals surface area contributed by atoms with Crippen LogP contribution >= 0.6 is 23.4 Å². The lowest BCUT2D eigenvalue weighted by Gasteiger charge is -2.14. The van der Waals surface area contributed by atoms with E-state index in [0.717, 1.165) is 11.8 Å². The molecule has 0 fully saturated rings. The second-order valence-corrected chi connectivity index (χ2v) is 7.27. The zero-order valence-corrected chi connectivity index (χ0v) is 16.6. The number of nitriles is 1. The number of amides is 1. The van der Waals surface area contributed by atoms with Crippen molar-refractivity contribution in [3.8, 4) is 6.07 Å². The van der Waals surface area contributed by atoms with Crippen molar-refractivity contribution in [1.29, 1.82) is 5.26 Å². The molecular weight excluding hydrogens is 386 g/mol. The number of benzene rings is 1. The average Bonchev–Trinajstić information content (AvgIpc) is 2.63. The molecule has 0 spiro atoms. The maximum absolute atomic E-state index is 12.4. The molecule has 0 unspecified atom stereocenters. The van der Waals surface area contributed by atoms with Gasteiger partial charge in [-0.3, -0.25) is 4.79 Å². The van der Waals surface area contributed by atoms with E-state index in [9.17, 15) is 14.9 Å². The van der Waals surface area contributed by atoms with E-state index >= 15 is 0 Å². The number of carbonyl (C=O) groups excluding carboxylic acids is 2. The number of anilines is 1. The van der Waals surface area contributed by atoms with Crippen LogP contribution in [0.2, 0.25) is 5.02 Å². The first-order valence-corrected chi connectivity index (χ1v) is 9.44. The van der Waals surface area contributed by atoms with Crippen LogP contribution < -0.4 is 5.32 Å². The maximum atomic E-state index is 12.4. The van der Waals surface area contributed by atoms with E-state index in [0.29, 0.717) is 21.4 Å². The van der Waals surface area contributed by atoms with Crippen molar-refractivity contribution in [1.82, 2.24) is 4.98 Å². The van der Waals surface area contributed by atoms with Gasteiger partial charge in [0.2, 0.25) is 5.91 Å². The summed E-state index contributed by atoms with van der Waals surface area (Å²) in [6.07, 6.45) is 0. The summed E-state index contributed by atoms with van der Waals surface area (Å²) in [7, 11) is 0. The molecule has 1 aromatic heterocycles. The molecule has 0 saturated heterocycles. The Morgan fingerprint density at radius 1 is 1.41 bits per heavy atom. The number of nitrogens with one attached hydrogen (secondary N) is 1. The summed E-state index contributed by atoms with van der Waals surface area (Å²) in [5, 5.41) is 12.4. The Kier molecular flexibility index (Phi) is 7.22. The SMILES string of the molecule is CCOC(=O)c1cc(C#N)c(S[C@@H](C)C(=O)Nc2ccccc2Cl)nc1C. The Labute approximate surface area is 166 Å². The van der Waals surface area contributed by atoms with Crippen LogP contribution in [0, 0.1) is 18.3 Å². The molecule has 0 aliphatic rings. The summed E-state index contributed by atoms with van der Waals surface area (Å²) in [6, 6.07) is 10.4. The van der Waals surface area contributed by atoms with E-state index in [4.69, 9.17) is 16.3 Å². The molecule has 2 aromatic rings. The van der Waals surface area contributed by atoms with Crippen molar-refractivity contribution in [2.24, 2.45) is 0 Å². The smallest absolute Gasteiger partial charge is 0.340 e. The molecule has 1 aromatic carbocycles. The number of aromatic nitrogens is 1. The quantitative estimate of drug-likeness (QED) is 0.573. The molecule has 1 atom stereocenters. The summed E-state index contributed by atoms with van der Waals surface area (Å²) < 4.78 is 4.97. The molecular formula is C19H18ClN3O3S. The van der Waals surface area contributed by atoms with Crippen LogP contribution in [0.4, 0.5) is 5.69 Å². The lowest BCUT2D eigenvalue weighted by molar-refractivity contribution is -0.115. The molecule has 1 heterocycles. The Morgan fingerprint density at radius 3 is 2.74 bits per heavy atom. The highest BCUT2D eigenvalue weighted by Gasteiger charge is 2.21. The van der Waals surface area contributed by atoms with Crippen LogP contribution in [-0.4, -0.2) is 28.7 Å². The first kappa shape index (κ1) is 20.7. The number of rotatable bonds is 6. The minimum atomic E-state index is -0.534. The molecule has 0 radical (unpaired) electrons. The summed E-state index contributed by atoms with van der Waals surface area (Å²) in [6.45, 7) is 5.30. The van der Waals surface area contributed by atoms with Crippen molar-refractivity contribution in [3.63, 3.8) is 0 Å². The number of thioether (sulfide) groups is 1. The first-order chi connectivity index (χ1) is 12.9. The Morgan fingerprint density at radius 2 is 2.11 bits per heavy atom. The number of halogens is 1. The van der Waals surface area contributed by atoms with Crippen molar-refractivity contribution < 1.29 is 14.3 Å². The van der Waals surface area contributed by atoms with E-state index in [-0.39, 0.29) is 23.6 Å². The van der Waals surface area contributed by atoms with Gasteiger partial charge in [0.05, 0.1) is 39.4 Å². The van der Waals surface area contributed by atoms with Gasteiger partial charge in [0.25, 0.3) is 0 Å². The predicted octanol–water partition coefficient (Wildman–Crippen LogP) is 4.21. The number of esters is 1. The van der Waals surface area contributed by atoms with Crippen LogP contribution in [0.15, 0.2) is 35.4 Å². The fourth-order valence-corrected chi connectivity index (χ4v) is 3.29. The lowest BCUT2D eigenvalue weighted by Crippen LogP contribution is -2.23. The third-order valence-corrected chi connectivity index (χ3v) is 5.01. The second-order valence-electron chi connectivity index (χ2n) is 5.54. The van der Waals surface area contributed by atoms with Crippen LogP contribution in [0.5, 0.6) is 0 Å².